The molecule has 0 radical (unpaired) electrons. The number of rotatable bonds is 3. The monoisotopic (exact) mass is 260 g/mol. The lowest BCUT2D eigenvalue weighted by molar-refractivity contribution is 0.826. The maximum Gasteiger partial charge on any atom is 0.278 e. The second-order valence-corrected chi connectivity index (χ2v) is 4.01. The number of nitrogens with one attached hydrogen (secondary N) is 1. The predicted molar refractivity (Wildman–Crippen MR) is 68.7 cm³/mol. The molecular weight excluding hydrogens is 252 g/mol. The van der Waals surface area contributed by atoms with E-state index >= 15 is 0 Å². The average Bonchev–Trinajstić information content (AvgIpc) is 2.40. The number of hydrogen-bond acceptors (Lipinski definition) is 5. The van der Waals surface area contributed by atoms with Crippen molar-refractivity contribution in [3.63, 3.8) is 0 Å². The number of aromatic nitrogens is 3. The van der Waals surface area contributed by atoms with Crippen molar-refractivity contribution in [2.45, 2.75) is 5.16 Å². The van der Waals surface area contributed by atoms with E-state index < -0.39 is 0 Å². The number of benzene rings is 1. The molecule has 1 heterocycles. The van der Waals surface area contributed by atoms with Crippen LogP contribution in [0.2, 0.25) is 0 Å². The van der Waals surface area contributed by atoms with E-state index in [0.29, 0.717) is 16.4 Å². The average molecular weight is 260 g/mol. The lowest BCUT2D eigenvalue weighted by Crippen LogP contribution is -2.13. The van der Waals surface area contributed by atoms with Crippen LogP contribution in [-0.4, -0.2) is 21.4 Å². The summed E-state index contributed by atoms with van der Waals surface area (Å²) in [6.45, 7) is 0. The number of H-pyrrole nitrogens is 1. The molecule has 8 heteroatoms. The lowest BCUT2D eigenvalue weighted by atomic mass is 10.1. The SMILES string of the molecule is CSc1nnc(-c2ccccc2N=[N+]=[N-])c(=O)[nH]1. The maximum atomic E-state index is 11.8. The molecule has 0 unspecified atom stereocenters. The highest BCUT2D eigenvalue weighted by atomic mass is 32.2. The summed E-state index contributed by atoms with van der Waals surface area (Å²) in [5, 5.41) is 11.7. The van der Waals surface area contributed by atoms with E-state index in [4.69, 9.17) is 5.53 Å². The van der Waals surface area contributed by atoms with Gasteiger partial charge < -0.3 is 0 Å². The predicted octanol–water partition coefficient (Wildman–Crippen LogP) is 2.50. The molecule has 0 amide bonds. The number of nitrogens with zero attached hydrogens (tertiary/aromatic N) is 5. The van der Waals surface area contributed by atoms with Crippen molar-refractivity contribution in [3.8, 4) is 11.3 Å². The van der Waals surface area contributed by atoms with Crippen molar-refractivity contribution in [2.24, 2.45) is 5.11 Å². The summed E-state index contributed by atoms with van der Waals surface area (Å²) in [6, 6.07) is 6.71. The molecule has 0 spiro atoms. The van der Waals surface area contributed by atoms with Crippen molar-refractivity contribution >= 4 is 17.4 Å². The second-order valence-electron chi connectivity index (χ2n) is 3.22. The fourth-order valence-electron chi connectivity index (χ4n) is 1.40. The summed E-state index contributed by atoms with van der Waals surface area (Å²) < 4.78 is 0. The molecule has 0 aliphatic carbocycles. The zero-order chi connectivity index (χ0) is 13.0. The molecule has 18 heavy (non-hydrogen) atoms. The number of azide groups is 1. The zero-order valence-corrected chi connectivity index (χ0v) is 10.2. The van der Waals surface area contributed by atoms with Crippen LogP contribution in [0.5, 0.6) is 0 Å². The van der Waals surface area contributed by atoms with Gasteiger partial charge in [-0.2, -0.15) is 0 Å². The molecule has 2 aromatic rings. The lowest BCUT2D eigenvalue weighted by Gasteiger charge is -2.03. The van der Waals surface area contributed by atoms with Gasteiger partial charge in [-0.15, -0.1) is 10.2 Å². The largest absolute Gasteiger partial charge is 0.298 e. The standard InChI is InChI=1S/C10H8N6OS/c1-18-10-12-9(17)8(14-15-10)6-4-2-3-5-7(6)13-16-11/h2-5H,1H3,(H,12,15,17). The van der Waals surface area contributed by atoms with E-state index in [-0.39, 0.29) is 11.3 Å². The zero-order valence-electron chi connectivity index (χ0n) is 9.36. The molecule has 1 aromatic carbocycles. The molecule has 0 saturated heterocycles. The molecule has 90 valence electrons. The molecule has 0 atom stereocenters. The molecule has 0 saturated carbocycles. The first-order valence-corrected chi connectivity index (χ1v) is 6.14. The van der Waals surface area contributed by atoms with Gasteiger partial charge in [-0.3, -0.25) is 9.78 Å². The Morgan fingerprint density at radius 3 is 2.83 bits per heavy atom. The topological polar surface area (TPSA) is 107 Å². The van der Waals surface area contributed by atoms with Gasteiger partial charge in [0, 0.05) is 16.2 Å². The van der Waals surface area contributed by atoms with E-state index in [1.54, 1.807) is 30.5 Å². The van der Waals surface area contributed by atoms with Gasteiger partial charge in [0.15, 0.2) is 10.9 Å². The third-order valence-electron chi connectivity index (χ3n) is 2.18. The van der Waals surface area contributed by atoms with Crippen molar-refractivity contribution in [3.05, 3.63) is 45.1 Å². The van der Waals surface area contributed by atoms with E-state index in [0.717, 1.165) is 0 Å². The fourth-order valence-corrected chi connectivity index (χ4v) is 1.72. The van der Waals surface area contributed by atoms with Gasteiger partial charge >= 0.3 is 0 Å². The van der Waals surface area contributed by atoms with Gasteiger partial charge in [0.1, 0.15) is 0 Å². The van der Waals surface area contributed by atoms with Crippen molar-refractivity contribution in [1.29, 1.82) is 0 Å². The number of thioether (sulfide) groups is 1. The van der Waals surface area contributed by atoms with Crippen LogP contribution in [0.3, 0.4) is 0 Å². The summed E-state index contributed by atoms with van der Waals surface area (Å²) in [4.78, 5) is 17.2. The fraction of sp³-hybridized carbons (Fsp3) is 0.100. The van der Waals surface area contributed by atoms with Crippen LogP contribution in [0, 0.1) is 0 Å². The maximum absolute atomic E-state index is 11.8. The minimum atomic E-state index is -0.366. The Bertz CT molecular complexity index is 676. The summed E-state index contributed by atoms with van der Waals surface area (Å²) in [7, 11) is 0. The van der Waals surface area contributed by atoms with Crippen LogP contribution < -0.4 is 5.56 Å². The van der Waals surface area contributed by atoms with Gasteiger partial charge in [-0.25, -0.2) is 0 Å². The van der Waals surface area contributed by atoms with E-state index in [1.807, 2.05) is 0 Å². The van der Waals surface area contributed by atoms with Gasteiger partial charge in [0.05, 0.1) is 0 Å². The highest BCUT2D eigenvalue weighted by molar-refractivity contribution is 7.98. The first-order chi connectivity index (χ1) is 8.76. The van der Waals surface area contributed by atoms with Crippen LogP contribution >= 0.6 is 11.8 Å². The van der Waals surface area contributed by atoms with Gasteiger partial charge in [0.2, 0.25) is 0 Å². The Hall–Kier alpha value is -2.31. The molecule has 0 aliphatic rings. The van der Waals surface area contributed by atoms with Gasteiger partial charge in [0.25, 0.3) is 5.56 Å². The normalized spacial score (nSPS) is 9.83. The van der Waals surface area contributed by atoms with Crippen LogP contribution in [0.25, 0.3) is 21.7 Å². The van der Waals surface area contributed by atoms with Crippen molar-refractivity contribution in [1.82, 2.24) is 15.2 Å². The third-order valence-corrected chi connectivity index (χ3v) is 2.75. The quantitative estimate of drug-likeness (QED) is 0.396. The van der Waals surface area contributed by atoms with Crippen molar-refractivity contribution in [2.75, 3.05) is 6.26 Å². The number of aromatic amines is 1. The molecule has 7 nitrogen and oxygen atoms in total. The first-order valence-electron chi connectivity index (χ1n) is 4.91. The second kappa shape index (κ2) is 5.35. The number of hydrogen-bond donors (Lipinski definition) is 1. The smallest absolute Gasteiger partial charge is 0.278 e. The molecule has 2 rings (SSSR count). The summed E-state index contributed by atoms with van der Waals surface area (Å²) in [5.41, 5.74) is 9.04. The molecule has 0 aliphatic heterocycles. The molecule has 1 aromatic heterocycles. The van der Waals surface area contributed by atoms with Crippen LogP contribution in [-0.2, 0) is 0 Å². The Labute approximate surface area is 106 Å². The molecular formula is C10H8N6OS. The highest BCUT2D eigenvalue weighted by Crippen LogP contribution is 2.26. The van der Waals surface area contributed by atoms with Crippen LogP contribution in [0.15, 0.2) is 39.3 Å². The van der Waals surface area contributed by atoms with Crippen molar-refractivity contribution < 1.29 is 0 Å². The Morgan fingerprint density at radius 2 is 2.17 bits per heavy atom. The van der Waals surface area contributed by atoms with E-state index in [2.05, 4.69) is 25.2 Å². The van der Waals surface area contributed by atoms with E-state index in [1.165, 1.54) is 11.8 Å². The minimum absolute atomic E-state index is 0.135. The van der Waals surface area contributed by atoms with Gasteiger partial charge in [-0.1, -0.05) is 41.1 Å². The highest BCUT2D eigenvalue weighted by Gasteiger charge is 2.10. The Kier molecular flexibility index (Phi) is 3.61. The Balaban J connectivity index is 2.62. The minimum Gasteiger partial charge on any atom is -0.298 e. The summed E-state index contributed by atoms with van der Waals surface area (Å²) in [5.74, 6) is 0. The van der Waals surface area contributed by atoms with E-state index in [9.17, 15) is 4.79 Å². The third kappa shape index (κ3) is 2.34. The molecule has 0 bridgehead atoms. The van der Waals surface area contributed by atoms with Gasteiger partial charge in [-0.05, 0) is 11.8 Å². The Morgan fingerprint density at radius 1 is 1.39 bits per heavy atom. The summed E-state index contributed by atoms with van der Waals surface area (Å²) >= 11 is 1.29. The summed E-state index contributed by atoms with van der Waals surface area (Å²) in [6.07, 6.45) is 1.79. The molecule has 1 N–H and O–H groups in total. The first kappa shape index (κ1) is 12.2. The molecule has 0 fully saturated rings. The van der Waals surface area contributed by atoms with Crippen LogP contribution in [0.4, 0.5) is 5.69 Å². The van der Waals surface area contributed by atoms with Crippen LogP contribution in [0.1, 0.15) is 0 Å².